The predicted molar refractivity (Wildman–Crippen MR) is 163 cm³/mol. The van der Waals surface area contributed by atoms with Crippen LogP contribution in [-0.2, 0) is 12.7 Å². The fourth-order valence-electron chi connectivity index (χ4n) is 7.45. The molecule has 2 aromatic heterocycles. The van der Waals surface area contributed by atoms with Gasteiger partial charge in [0.25, 0.3) is 0 Å². The van der Waals surface area contributed by atoms with Gasteiger partial charge >= 0.3 is 11.9 Å². The van der Waals surface area contributed by atoms with Crippen molar-refractivity contribution in [1.29, 1.82) is 0 Å². The summed E-state index contributed by atoms with van der Waals surface area (Å²) < 4.78 is 45.7. The number of hydrogen-bond donors (Lipinski definition) is 1. The summed E-state index contributed by atoms with van der Waals surface area (Å²) in [5.74, 6) is 1.25. The Morgan fingerprint density at radius 1 is 1.07 bits per heavy atom. The number of piperidine rings is 1. The molecule has 0 bridgehead atoms. The van der Waals surface area contributed by atoms with Gasteiger partial charge in [-0.3, -0.25) is 18.8 Å². The third-order valence-electron chi connectivity index (χ3n) is 9.77. The first-order chi connectivity index (χ1) is 20.7. The molecule has 3 aliphatic rings. The standard InChI is InChI=1S/C33H45F3N6O/c1-4-14-40-22-39(5-2)31(37-40)30(25-10-6-11-25)26-12-7-13-27(17-26)41-21-29-28(33(34,35)36)16-24(20-42(29)32(41)43)19-38-15-8-9-23(3)18-38/h7,12-13,16-17,20-21,23,25,30-31,37H,4-6,8-11,14-15,18-19,22H2,1-3H3/t23-,30+,31?/m0/s1. The van der Waals surface area contributed by atoms with Gasteiger partial charge in [-0.1, -0.05) is 39.3 Å². The minimum absolute atomic E-state index is 0.112. The molecule has 1 aromatic carbocycles. The minimum atomic E-state index is -4.58. The molecule has 43 heavy (non-hydrogen) atoms. The van der Waals surface area contributed by atoms with Crippen molar-refractivity contribution in [2.24, 2.45) is 11.8 Å². The first-order valence-corrected chi connectivity index (χ1v) is 16.1. The Balaban J connectivity index is 1.38. The fourth-order valence-corrected chi connectivity index (χ4v) is 7.45. The van der Waals surface area contributed by atoms with Crippen molar-refractivity contribution in [1.82, 2.24) is 29.2 Å². The molecule has 0 radical (unpaired) electrons. The molecule has 234 valence electrons. The zero-order chi connectivity index (χ0) is 30.3. The molecule has 1 aliphatic carbocycles. The van der Waals surface area contributed by atoms with E-state index < -0.39 is 17.4 Å². The van der Waals surface area contributed by atoms with Crippen molar-refractivity contribution in [3.63, 3.8) is 0 Å². The van der Waals surface area contributed by atoms with Crippen LogP contribution in [0.5, 0.6) is 0 Å². The number of aromatic nitrogens is 2. The molecule has 3 atom stereocenters. The van der Waals surface area contributed by atoms with E-state index in [9.17, 15) is 18.0 Å². The van der Waals surface area contributed by atoms with Crippen LogP contribution in [0.1, 0.15) is 81.9 Å². The number of hydrazine groups is 1. The van der Waals surface area contributed by atoms with E-state index in [0.717, 1.165) is 70.5 Å². The van der Waals surface area contributed by atoms with Gasteiger partial charge in [-0.25, -0.2) is 15.2 Å². The zero-order valence-corrected chi connectivity index (χ0v) is 25.6. The highest BCUT2D eigenvalue weighted by molar-refractivity contribution is 5.58. The predicted octanol–water partition coefficient (Wildman–Crippen LogP) is 6.06. The molecule has 3 fully saturated rings. The van der Waals surface area contributed by atoms with Crippen molar-refractivity contribution in [2.45, 2.75) is 84.1 Å². The molecular weight excluding hydrogens is 553 g/mol. The summed E-state index contributed by atoms with van der Waals surface area (Å²) in [6, 6.07) is 9.13. The van der Waals surface area contributed by atoms with E-state index in [4.69, 9.17) is 0 Å². The maximum atomic E-state index is 14.4. The van der Waals surface area contributed by atoms with Gasteiger partial charge in [-0.2, -0.15) is 13.2 Å². The van der Waals surface area contributed by atoms with Crippen LogP contribution in [0.15, 0.2) is 47.5 Å². The second-order valence-corrected chi connectivity index (χ2v) is 13.0. The molecule has 3 aromatic rings. The maximum Gasteiger partial charge on any atom is 0.418 e. The molecule has 1 saturated carbocycles. The average molecular weight is 599 g/mol. The average Bonchev–Trinajstić information content (AvgIpc) is 3.50. The fraction of sp³-hybridized carbons (Fsp3) is 0.606. The third-order valence-corrected chi connectivity index (χ3v) is 9.77. The Bertz CT molecular complexity index is 1480. The second-order valence-electron chi connectivity index (χ2n) is 13.0. The lowest BCUT2D eigenvalue weighted by Crippen LogP contribution is -2.46. The van der Waals surface area contributed by atoms with Crippen LogP contribution >= 0.6 is 0 Å². The smallest absolute Gasteiger partial charge is 0.299 e. The molecule has 2 aliphatic heterocycles. The van der Waals surface area contributed by atoms with Gasteiger partial charge in [0.1, 0.15) is 0 Å². The topological polar surface area (TPSA) is 48.2 Å². The summed E-state index contributed by atoms with van der Waals surface area (Å²) >= 11 is 0. The van der Waals surface area contributed by atoms with Crippen molar-refractivity contribution >= 4 is 5.52 Å². The molecule has 1 N–H and O–H groups in total. The molecule has 2 saturated heterocycles. The zero-order valence-electron chi connectivity index (χ0n) is 25.6. The van der Waals surface area contributed by atoms with Crippen molar-refractivity contribution in [3.05, 3.63) is 69.9 Å². The normalized spacial score (nSPS) is 23.7. The SMILES string of the molecule is CCCN1CN(CC)C([C@@H](c2cccc(-n3cc4c(C(F)(F)F)cc(CN5CCC[C@H](C)C5)cn4c3=O)c2)C2CCC2)N1. The Hall–Kier alpha value is -2.66. The highest BCUT2D eigenvalue weighted by Gasteiger charge is 2.41. The molecule has 0 spiro atoms. The van der Waals surface area contributed by atoms with Crippen molar-refractivity contribution in [3.8, 4) is 5.69 Å². The number of hydrogen-bond acceptors (Lipinski definition) is 5. The second kappa shape index (κ2) is 12.4. The molecule has 4 heterocycles. The summed E-state index contributed by atoms with van der Waals surface area (Å²) in [4.78, 5) is 18.4. The molecule has 10 heteroatoms. The Kier molecular flexibility index (Phi) is 8.75. The number of imidazole rings is 1. The van der Waals surface area contributed by atoms with Crippen molar-refractivity contribution < 1.29 is 13.2 Å². The van der Waals surface area contributed by atoms with E-state index in [1.54, 1.807) is 6.20 Å². The van der Waals surface area contributed by atoms with Gasteiger partial charge in [-0.05, 0) is 86.4 Å². The summed E-state index contributed by atoms with van der Waals surface area (Å²) in [5.41, 5.74) is 4.63. The number of pyridine rings is 1. The van der Waals surface area contributed by atoms with Crippen LogP contribution in [0.25, 0.3) is 11.2 Å². The first-order valence-electron chi connectivity index (χ1n) is 16.1. The number of halogens is 3. The van der Waals surface area contributed by atoms with Gasteiger partial charge in [0.15, 0.2) is 0 Å². The number of alkyl halides is 3. The van der Waals surface area contributed by atoms with Gasteiger partial charge in [0.2, 0.25) is 0 Å². The van der Waals surface area contributed by atoms with Gasteiger partial charge < -0.3 is 0 Å². The van der Waals surface area contributed by atoms with Crippen LogP contribution in [-0.4, -0.2) is 62.8 Å². The third kappa shape index (κ3) is 6.16. The van der Waals surface area contributed by atoms with E-state index in [1.807, 2.05) is 18.2 Å². The quantitative estimate of drug-likeness (QED) is 0.325. The minimum Gasteiger partial charge on any atom is -0.299 e. The number of fused-ring (bicyclic) bond motifs is 1. The maximum absolute atomic E-state index is 14.4. The molecular formula is C33H45F3N6O. The van der Waals surface area contributed by atoms with E-state index in [0.29, 0.717) is 29.6 Å². The summed E-state index contributed by atoms with van der Waals surface area (Å²) in [7, 11) is 0. The lowest BCUT2D eigenvalue weighted by Gasteiger charge is -2.40. The highest BCUT2D eigenvalue weighted by Crippen LogP contribution is 2.43. The summed E-state index contributed by atoms with van der Waals surface area (Å²) in [5, 5.41) is 2.29. The lowest BCUT2D eigenvalue weighted by atomic mass is 9.71. The van der Waals surface area contributed by atoms with Gasteiger partial charge in [-0.15, -0.1) is 0 Å². The Morgan fingerprint density at radius 3 is 2.56 bits per heavy atom. The number of nitrogens with zero attached hydrogens (tertiary/aromatic N) is 5. The van der Waals surface area contributed by atoms with Gasteiger partial charge in [0, 0.05) is 37.9 Å². The number of benzene rings is 1. The molecule has 0 amide bonds. The largest absolute Gasteiger partial charge is 0.418 e. The van der Waals surface area contributed by atoms with Crippen LogP contribution in [0.3, 0.4) is 0 Å². The number of rotatable bonds is 9. The van der Waals surface area contributed by atoms with E-state index >= 15 is 0 Å². The van der Waals surface area contributed by atoms with Crippen LogP contribution in [0.2, 0.25) is 0 Å². The highest BCUT2D eigenvalue weighted by atomic mass is 19.4. The van der Waals surface area contributed by atoms with Crippen molar-refractivity contribution in [2.75, 3.05) is 32.8 Å². The summed E-state index contributed by atoms with van der Waals surface area (Å²) in [6.07, 6.45) is 5.28. The summed E-state index contributed by atoms with van der Waals surface area (Å²) in [6.45, 7) is 11.4. The number of nitrogens with one attached hydrogen (secondary N) is 1. The monoisotopic (exact) mass is 598 g/mol. The molecule has 6 rings (SSSR count). The Morgan fingerprint density at radius 2 is 1.88 bits per heavy atom. The van der Waals surface area contributed by atoms with Crippen LogP contribution in [0, 0.1) is 11.8 Å². The molecule has 7 nitrogen and oxygen atoms in total. The van der Waals surface area contributed by atoms with Crippen LogP contribution in [0.4, 0.5) is 13.2 Å². The van der Waals surface area contributed by atoms with E-state index in [-0.39, 0.29) is 17.6 Å². The molecule has 1 unspecified atom stereocenters. The lowest BCUT2D eigenvalue weighted by molar-refractivity contribution is -0.136. The number of likely N-dealkylation sites (tertiary alicyclic amines) is 1. The van der Waals surface area contributed by atoms with E-state index in [1.165, 1.54) is 27.7 Å². The first kappa shape index (κ1) is 30.4. The van der Waals surface area contributed by atoms with Gasteiger partial charge in [0.05, 0.1) is 29.6 Å². The Labute approximate surface area is 252 Å². The van der Waals surface area contributed by atoms with E-state index in [2.05, 4.69) is 47.1 Å². The number of likely N-dealkylation sites (N-methyl/N-ethyl adjacent to an activating group) is 1. The van der Waals surface area contributed by atoms with Crippen LogP contribution < -0.4 is 11.1 Å².